The van der Waals surface area contributed by atoms with Crippen LogP contribution in [-0.2, 0) is 11.3 Å². The van der Waals surface area contributed by atoms with Gasteiger partial charge in [0.25, 0.3) is 5.91 Å². The van der Waals surface area contributed by atoms with Gasteiger partial charge >= 0.3 is 0 Å². The monoisotopic (exact) mass is 371 g/mol. The minimum Gasteiger partial charge on any atom is -0.481 e. The second kappa shape index (κ2) is 8.01. The van der Waals surface area contributed by atoms with Gasteiger partial charge in [0.05, 0.1) is 6.54 Å². The van der Waals surface area contributed by atoms with E-state index in [9.17, 15) is 4.79 Å². The van der Waals surface area contributed by atoms with E-state index < -0.39 is 6.10 Å². The predicted octanol–water partition coefficient (Wildman–Crippen LogP) is 3.78. The van der Waals surface area contributed by atoms with Gasteiger partial charge in [-0.3, -0.25) is 4.79 Å². The van der Waals surface area contributed by atoms with E-state index >= 15 is 0 Å². The zero-order chi connectivity index (χ0) is 18.5. The number of rotatable bonds is 6. The number of nitrogens with one attached hydrogen (secondary N) is 1. The highest BCUT2D eigenvalue weighted by atomic mass is 35.5. The Kier molecular flexibility index (Phi) is 5.53. The fourth-order valence-corrected chi connectivity index (χ4v) is 2.41. The van der Waals surface area contributed by atoms with Crippen LogP contribution in [0.15, 0.2) is 53.1 Å². The predicted molar refractivity (Wildman–Crippen MR) is 97.9 cm³/mol. The highest BCUT2D eigenvalue weighted by molar-refractivity contribution is 6.30. The van der Waals surface area contributed by atoms with E-state index in [1.54, 1.807) is 31.2 Å². The summed E-state index contributed by atoms with van der Waals surface area (Å²) in [6, 6.07) is 14.6. The van der Waals surface area contributed by atoms with Crippen LogP contribution < -0.4 is 10.1 Å². The summed E-state index contributed by atoms with van der Waals surface area (Å²) in [6.07, 6.45) is -0.644. The molecular formula is C19H18ClN3O3. The Morgan fingerprint density at radius 2 is 1.96 bits per heavy atom. The molecule has 1 aromatic heterocycles. The van der Waals surface area contributed by atoms with Crippen LogP contribution in [0.4, 0.5) is 0 Å². The van der Waals surface area contributed by atoms with Gasteiger partial charge in [0.2, 0.25) is 11.7 Å². The molecule has 3 aromatic rings. The maximum Gasteiger partial charge on any atom is 0.261 e. The summed E-state index contributed by atoms with van der Waals surface area (Å²) >= 11 is 5.86. The van der Waals surface area contributed by atoms with Gasteiger partial charge in [0.1, 0.15) is 5.75 Å². The minimum absolute atomic E-state index is 0.126. The summed E-state index contributed by atoms with van der Waals surface area (Å²) < 4.78 is 10.9. The van der Waals surface area contributed by atoms with Crippen molar-refractivity contribution in [2.75, 3.05) is 0 Å². The molecule has 6 nitrogen and oxygen atoms in total. The lowest BCUT2D eigenvalue weighted by Gasteiger charge is -2.15. The minimum atomic E-state index is -0.644. The van der Waals surface area contributed by atoms with Crippen LogP contribution in [0.5, 0.6) is 5.75 Å². The maximum absolute atomic E-state index is 12.2. The Balaban J connectivity index is 1.56. The van der Waals surface area contributed by atoms with Gasteiger partial charge in [0, 0.05) is 10.6 Å². The molecule has 0 radical (unpaired) electrons. The first-order valence-electron chi connectivity index (χ1n) is 8.11. The first-order valence-corrected chi connectivity index (χ1v) is 8.49. The summed E-state index contributed by atoms with van der Waals surface area (Å²) in [6.45, 7) is 3.74. The molecular weight excluding hydrogens is 354 g/mol. The molecule has 3 rings (SSSR count). The molecule has 0 fully saturated rings. The van der Waals surface area contributed by atoms with E-state index in [0.717, 1.165) is 11.1 Å². The summed E-state index contributed by atoms with van der Waals surface area (Å²) in [5.74, 6) is 1.17. The molecule has 0 saturated carbocycles. The molecule has 0 bridgehead atoms. The average molecular weight is 372 g/mol. The number of aryl methyl sites for hydroxylation is 1. The van der Waals surface area contributed by atoms with Crippen LogP contribution in [0.2, 0.25) is 5.02 Å². The van der Waals surface area contributed by atoms with Crippen molar-refractivity contribution in [1.82, 2.24) is 15.5 Å². The quantitative estimate of drug-likeness (QED) is 0.713. The fraction of sp³-hybridized carbons (Fsp3) is 0.211. The van der Waals surface area contributed by atoms with Crippen LogP contribution in [0.3, 0.4) is 0 Å². The van der Waals surface area contributed by atoms with Gasteiger partial charge in [-0.1, -0.05) is 35.0 Å². The number of carbonyl (C=O) groups excluding carboxylic acids is 1. The number of hydrogen-bond donors (Lipinski definition) is 1. The highest BCUT2D eigenvalue weighted by Gasteiger charge is 2.17. The van der Waals surface area contributed by atoms with Gasteiger partial charge < -0.3 is 14.6 Å². The van der Waals surface area contributed by atoms with E-state index in [-0.39, 0.29) is 12.5 Å². The van der Waals surface area contributed by atoms with Crippen molar-refractivity contribution in [3.63, 3.8) is 0 Å². The molecule has 1 unspecified atom stereocenters. The first-order chi connectivity index (χ1) is 12.5. The van der Waals surface area contributed by atoms with Gasteiger partial charge in [0.15, 0.2) is 6.10 Å². The van der Waals surface area contributed by atoms with Crippen molar-refractivity contribution < 1.29 is 14.1 Å². The van der Waals surface area contributed by atoms with Crippen LogP contribution >= 0.6 is 11.6 Å². The largest absolute Gasteiger partial charge is 0.481 e. The van der Waals surface area contributed by atoms with E-state index in [1.165, 1.54) is 0 Å². The Morgan fingerprint density at radius 3 is 2.69 bits per heavy atom. The summed E-state index contributed by atoms with van der Waals surface area (Å²) in [7, 11) is 0. The number of ether oxygens (including phenoxy) is 1. The molecule has 1 N–H and O–H groups in total. The van der Waals surface area contributed by atoms with Crippen molar-refractivity contribution in [3.05, 3.63) is 65.0 Å². The first kappa shape index (κ1) is 17.9. The lowest BCUT2D eigenvalue weighted by atomic mass is 10.2. The lowest BCUT2D eigenvalue weighted by molar-refractivity contribution is -0.127. The normalized spacial score (nSPS) is 11.8. The van der Waals surface area contributed by atoms with Crippen molar-refractivity contribution in [1.29, 1.82) is 0 Å². The zero-order valence-electron chi connectivity index (χ0n) is 14.4. The number of hydrogen-bond acceptors (Lipinski definition) is 5. The third-order valence-corrected chi connectivity index (χ3v) is 4.00. The fourth-order valence-electron chi connectivity index (χ4n) is 2.28. The lowest BCUT2D eigenvalue weighted by Crippen LogP contribution is -2.36. The summed E-state index contributed by atoms with van der Waals surface area (Å²) in [4.78, 5) is 16.5. The molecule has 0 aliphatic heterocycles. The van der Waals surface area contributed by atoms with Crippen molar-refractivity contribution in [2.24, 2.45) is 0 Å². The number of nitrogens with zero attached hydrogens (tertiary/aromatic N) is 2. The molecule has 0 saturated heterocycles. The number of carbonyl (C=O) groups is 1. The molecule has 26 heavy (non-hydrogen) atoms. The number of benzene rings is 2. The Hall–Kier alpha value is -2.86. The topological polar surface area (TPSA) is 77.2 Å². The Morgan fingerprint density at radius 1 is 1.23 bits per heavy atom. The molecule has 1 amide bonds. The van der Waals surface area contributed by atoms with Crippen LogP contribution in [0.1, 0.15) is 18.4 Å². The molecule has 7 heteroatoms. The maximum atomic E-state index is 12.2. The Bertz CT molecular complexity index is 893. The number of aromatic nitrogens is 2. The zero-order valence-corrected chi connectivity index (χ0v) is 15.2. The number of amides is 1. The van der Waals surface area contributed by atoms with E-state index in [1.807, 2.05) is 31.2 Å². The molecule has 2 aromatic carbocycles. The van der Waals surface area contributed by atoms with E-state index in [0.29, 0.717) is 22.5 Å². The third-order valence-electron chi connectivity index (χ3n) is 3.75. The molecule has 1 atom stereocenters. The second-order valence-corrected chi connectivity index (χ2v) is 6.20. The molecule has 0 aliphatic carbocycles. The van der Waals surface area contributed by atoms with Gasteiger partial charge in [-0.2, -0.15) is 4.98 Å². The van der Waals surface area contributed by atoms with Gasteiger partial charge in [-0.05, 0) is 49.7 Å². The van der Waals surface area contributed by atoms with Crippen molar-refractivity contribution in [3.8, 4) is 17.1 Å². The number of para-hydroxylation sites is 1. The van der Waals surface area contributed by atoms with Crippen LogP contribution in [0, 0.1) is 6.92 Å². The number of halogens is 1. The molecule has 1 heterocycles. The highest BCUT2D eigenvalue weighted by Crippen LogP contribution is 2.19. The smallest absolute Gasteiger partial charge is 0.261 e. The van der Waals surface area contributed by atoms with E-state index in [2.05, 4.69) is 15.5 Å². The van der Waals surface area contributed by atoms with Crippen molar-refractivity contribution >= 4 is 17.5 Å². The van der Waals surface area contributed by atoms with Crippen LogP contribution in [-0.4, -0.2) is 22.2 Å². The second-order valence-electron chi connectivity index (χ2n) is 5.76. The van der Waals surface area contributed by atoms with Crippen molar-refractivity contribution in [2.45, 2.75) is 26.5 Å². The van der Waals surface area contributed by atoms with Gasteiger partial charge in [-0.15, -0.1) is 0 Å². The summed E-state index contributed by atoms with van der Waals surface area (Å²) in [5, 5.41) is 7.27. The van der Waals surface area contributed by atoms with Crippen LogP contribution in [0.25, 0.3) is 11.4 Å². The SMILES string of the molecule is Cc1ccccc1OC(C)C(=O)NCc1nc(-c2ccc(Cl)cc2)no1. The Labute approximate surface area is 156 Å². The molecule has 134 valence electrons. The summed E-state index contributed by atoms with van der Waals surface area (Å²) in [5.41, 5.74) is 1.75. The molecule has 0 aliphatic rings. The average Bonchev–Trinajstić information content (AvgIpc) is 3.11. The van der Waals surface area contributed by atoms with E-state index in [4.69, 9.17) is 20.9 Å². The van der Waals surface area contributed by atoms with Gasteiger partial charge in [-0.25, -0.2) is 0 Å². The third kappa shape index (κ3) is 4.40. The standard InChI is InChI=1S/C19H18ClN3O3/c1-12-5-3-4-6-16(12)25-13(2)19(24)21-11-17-22-18(23-26-17)14-7-9-15(20)10-8-14/h3-10,13H,11H2,1-2H3,(H,21,24). The molecule has 0 spiro atoms.